The van der Waals surface area contributed by atoms with Crippen LogP contribution in [0.2, 0.25) is 0 Å². The molecule has 0 bridgehead atoms. The smallest absolute Gasteiger partial charge is 0.321 e. The van der Waals surface area contributed by atoms with Crippen molar-refractivity contribution in [2.24, 2.45) is 0 Å². The Kier molecular flexibility index (Phi) is 5.67. The van der Waals surface area contributed by atoms with Crippen LogP contribution in [0.1, 0.15) is 15.9 Å². The molecule has 0 spiro atoms. The van der Waals surface area contributed by atoms with Crippen molar-refractivity contribution in [3.63, 3.8) is 0 Å². The van der Waals surface area contributed by atoms with E-state index in [1.165, 1.54) is 12.4 Å². The second-order valence-electron chi connectivity index (χ2n) is 5.42. The molecule has 0 N–H and O–H groups in total. The van der Waals surface area contributed by atoms with Crippen molar-refractivity contribution in [3.8, 4) is 11.8 Å². The Morgan fingerprint density at radius 2 is 1.46 bits per heavy atom. The number of para-hydroxylation sites is 1. The maximum absolute atomic E-state index is 12.1. The standard InChI is InChI=1S/C20H16N2O4/c23-18(14-25-19(24)11-15-7-3-1-4-8-15)16-12-21-20(22-13-16)26-17-9-5-2-6-10-17/h1-10,12-13H,11,14H2. The Bertz CT molecular complexity index is 865. The molecule has 6 nitrogen and oxygen atoms in total. The fourth-order valence-corrected chi connectivity index (χ4v) is 2.15. The third-order valence-electron chi connectivity index (χ3n) is 3.46. The summed E-state index contributed by atoms with van der Waals surface area (Å²) in [6, 6.07) is 18.4. The van der Waals surface area contributed by atoms with E-state index in [4.69, 9.17) is 9.47 Å². The van der Waals surface area contributed by atoms with Crippen LogP contribution in [0.4, 0.5) is 0 Å². The summed E-state index contributed by atoms with van der Waals surface area (Å²) in [6.07, 6.45) is 2.81. The monoisotopic (exact) mass is 348 g/mol. The summed E-state index contributed by atoms with van der Waals surface area (Å²) < 4.78 is 10.5. The van der Waals surface area contributed by atoms with Gasteiger partial charge in [0.05, 0.1) is 12.0 Å². The number of ketones is 1. The van der Waals surface area contributed by atoms with Crippen molar-refractivity contribution in [2.45, 2.75) is 6.42 Å². The Morgan fingerprint density at radius 1 is 0.846 bits per heavy atom. The van der Waals surface area contributed by atoms with Gasteiger partial charge in [0.25, 0.3) is 0 Å². The number of Topliss-reactive ketones (excluding diaryl/α,β-unsaturated/α-hetero) is 1. The van der Waals surface area contributed by atoms with Gasteiger partial charge in [-0.15, -0.1) is 0 Å². The molecule has 3 aromatic rings. The van der Waals surface area contributed by atoms with Crippen LogP contribution >= 0.6 is 0 Å². The van der Waals surface area contributed by atoms with Gasteiger partial charge in [0.1, 0.15) is 5.75 Å². The van der Waals surface area contributed by atoms with Gasteiger partial charge in [-0.25, -0.2) is 9.97 Å². The first-order chi connectivity index (χ1) is 12.7. The zero-order chi connectivity index (χ0) is 18.2. The number of benzene rings is 2. The van der Waals surface area contributed by atoms with Crippen LogP contribution in [0, 0.1) is 0 Å². The van der Waals surface area contributed by atoms with Crippen molar-refractivity contribution >= 4 is 11.8 Å². The third kappa shape index (κ3) is 4.98. The molecule has 0 aliphatic heterocycles. The number of hydrogen-bond donors (Lipinski definition) is 0. The first-order valence-electron chi connectivity index (χ1n) is 7.98. The molecule has 1 heterocycles. The first-order valence-corrected chi connectivity index (χ1v) is 7.98. The fraction of sp³-hybridized carbons (Fsp3) is 0.100. The van der Waals surface area contributed by atoms with E-state index in [9.17, 15) is 9.59 Å². The molecule has 3 rings (SSSR count). The van der Waals surface area contributed by atoms with Gasteiger partial charge in [-0.2, -0.15) is 0 Å². The average molecular weight is 348 g/mol. The predicted octanol–water partition coefficient (Wildman–Crippen LogP) is 3.24. The maximum Gasteiger partial charge on any atom is 0.321 e. The highest BCUT2D eigenvalue weighted by Gasteiger charge is 2.12. The van der Waals surface area contributed by atoms with Gasteiger partial charge >= 0.3 is 12.0 Å². The van der Waals surface area contributed by atoms with Gasteiger partial charge < -0.3 is 9.47 Å². The molecule has 0 aliphatic carbocycles. The minimum Gasteiger partial charge on any atom is -0.457 e. The zero-order valence-electron chi connectivity index (χ0n) is 13.9. The van der Waals surface area contributed by atoms with Crippen LogP contribution in [-0.4, -0.2) is 28.3 Å². The highest BCUT2D eigenvalue weighted by atomic mass is 16.5. The number of rotatable bonds is 7. The summed E-state index contributed by atoms with van der Waals surface area (Å²) in [4.78, 5) is 31.8. The molecule has 0 saturated heterocycles. The van der Waals surface area contributed by atoms with Gasteiger partial charge in [-0.05, 0) is 17.7 Å². The molecule has 0 amide bonds. The molecular formula is C20H16N2O4. The SMILES string of the molecule is O=C(Cc1ccccc1)OCC(=O)c1cnc(Oc2ccccc2)nc1. The topological polar surface area (TPSA) is 78.4 Å². The molecular weight excluding hydrogens is 332 g/mol. The number of nitrogens with zero attached hydrogens (tertiary/aromatic N) is 2. The molecule has 0 radical (unpaired) electrons. The van der Waals surface area contributed by atoms with E-state index in [0.29, 0.717) is 5.75 Å². The van der Waals surface area contributed by atoms with Crippen molar-refractivity contribution in [3.05, 3.63) is 84.2 Å². The van der Waals surface area contributed by atoms with Crippen molar-refractivity contribution in [1.29, 1.82) is 0 Å². The van der Waals surface area contributed by atoms with Gasteiger partial charge in [-0.3, -0.25) is 9.59 Å². The normalized spacial score (nSPS) is 10.2. The Morgan fingerprint density at radius 3 is 2.12 bits per heavy atom. The van der Waals surface area contributed by atoms with E-state index >= 15 is 0 Å². The molecule has 6 heteroatoms. The van der Waals surface area contributed by atoms with E-state index in [-0.39, 0.29) is 30.4 Å². The summed E-state index contributed by atoms with van der Waals surface area (Å²) in [5, 5.41) is 0. The molecule has 2 aromatic carbocycles. The first kappa shape index (κ1) is 17.3. The summed E-state index contributed by atoms with van der Waals surface area (Å²) in [5.41, 5.74) is 1.08. The summed E-state index contributed by atoms with van der Waals surface area (Å²) in [5.74, 6) is -0.242. The zero-order valence-corrected chi connectivity index (χ0v) is 13.9. The molecule has 0 aliphatic rings. The van der Waals surface area contributed by atoms with Crippen molar-refractivity contribution < 1.29 is 19.1 Å². The summed E-state index contributed by atoms with van der Waals surface area (Å²) in [6.45, 7) is -0.353. The van der Waals surface area contributed by atoms with E-state index in [0.717, 1.165) is 5.56 Å². The minimum absolute atomic E-state index is 0.120. The largest absolute Gasteiger partial charge is 0.457 e. The molecule has 0 unspecified atom stereocenters. The van der Waals surface area contributed by atoms with Gasteiger partial charge in [-0.1, -0.05) is 48.5 Å². The number of carbonyl (C=O) groups is 2. The molecule has 0 atom stereocenters. The fourth-order valence-electron chi connectivity index (χ4n) is 2.15. The number of aromatic nitrogens is 2. The van der Waals surface area contributed by atoms with Gasteiger partial charge in [0, 0.05) is 12.4 Å². The van der Waals surface area contributed by atoms with Crippen LogP contribution < -0.4 is 4.74 Å². The summed E-state index contributed by atoms with van der Waals surface area (Å²) >= 11 is 0. The van der Waals surface area contributed by atoms with Crippen LogP contribution in [0.3, 0.4) is 0 Å². The highest BCUT2D eigenvalue weighted by molar-refractivity contribution is 5.97. The number of carbonyl (C=O) groups excluding carboxylic acids is 2. The molecule has 1 aromatic heterocycles. The quantitative estimate of drug-likeness (QED) is 0.482. The van der Waals surface area contributed by atoms with E-state index in [2.05, 4.69) is 9.97 Å². The van der Waals surface area contributed by atoms with Crippen LogP contribution in [-0.2, 0) is 16.0 Å². The van der Waals surface area contributed by atoms with E-state index < -0.39 is 5.97 Å². The number of esters is 1. The lowest BCUT2D eigenvalue weighted by Crippen LogP contribution is -2.16. The van der Waals surface area contributed by atoms with Crippen molar-refractivity contribution in [2.75, 3.05) is 6.61 Å². The van der Waals surface area contributed by atoms with Crippen molar-refractivity contribution in [1.82, 2.24) is 9.97 Å². The Balaban J connectivity index is 1.51. The molecule has 0 saturated carbocycles. The van der Waals surface area contributed by atoms with Crippen LogP contribution in [0.15, 0.2) is 73.1 Å². The van der Waals surface area contributed by atoms with Crippen LogP contribution in [0.5, 0.6) is 11.8 Å². The lowest BCUT2D eigenvalue weighted by molar-refractivity contribution is -0.141. The number of ether oxygens (including phenoxy) is 2. The molecule has 0 fully saturated rings. The Labute approximate surface area is 150 Å². The second-order valence-corrected chi connectivity index (χ2v) is 5.42. The Hall–Kier alpha value is -3.54. The summed E-state index contributed by atoms with van der Waals surface area (Å²) in [7, 11) is 0. The van der Waals surface area contributed by atoms with E-state index in [1.54, 1.807) is 12.1 Å². The van der Waals surface area contributed by atoms with Gasteiger partial charge in [0.2, 0.25) is 5.78 Å². The number of hydrogen-bond acceptors (Lipinski definition) is 6. The average Bonchev–Trinajstić information content (AvgIpc) is 2.68. The minimum atomic E-state index is -0.463. The van der Waals surface area contributed by atoms with Crippen LogP contribution in [0.25, 0.3) is 0 Å². The van der Waals surface area contributed by atoms with Gasteiger partial charge in [0.15, 0.2) is 6.61 Å². The lowest BCUT2D eigenvalue weighted by atomic mass is 10.1. The maximum atomic E-state index is 12.1. The lowest BCUT2D eigenvalue weighted by Gasteiger charge is -2.05. The second kappa shape index (κ2) is 8.53. The predicted molar refractivity (Wildman–Crippen MR) is 94.0 cm³/mol. The third-order valence-corrected chi connectivity index (χ3v) is 3.46. The molecule has 130 valence electrons. The highest BCUT2D eigenvalue weighted by Crippen LogP contribution is 2.16. The molecule has 26 heavy (non-hydrogen) atoms. The van der Waals surface area contributed by atoms with E-state index in [1.807, 2.05) is 48.5 Å².